The lowest BCUT2D eigenvalue weighted by Gasteiger charge is -2.25. The predicted octanol–water partition coefficient (Wildman–Crippen LogP) is 3.38. The summed E-state index contributed by atoms with van der Waals surface area (Å²) >= 11 is 0. The molecule has 1 aliphatic carbocycles. The molecule has 1 aromatic rings. The van der Waals surface area contributed by atoms with Crippen molar-refractivity contribution in [3.8, 4) is 0 Å². The molecular weight excluding hydrogens is 222 g/mol. The first-order valence-corrected chi connectivity index (χ1v) is 7.10. The maximum atomic E-state index is 5.80. The van der Waals surface area contributed by atoms with Crippen LogP contribution in [-0.4, -0.2) is 18.6 Å². The van der Waals surface area contributed by atoms with Gasteiger partial charge in [0, 0.05) is 13.6 Å². The first kappa shape index (κ1) is 13.2. The van der Waals surface area contributed by atoms with Gasteiger partial charge in [-0.25, -0.2) is 4.98 Å². The highest BCUT2D eigenvalue weighted by molar-refractivity contribution is 5.51. The predicted molar refractivity (Wildman–Crippen MR) is 77.8 cm³/mol. The summed E-state index contributed by atoms with van der Waals surface area (Å²) in [5.74, 6) is 1.97. The zero-order valence-corrected chi connectivity index (χ0v) is 11.7. The van der Waals surface area contributed by atoms with Gasteiger partial charge in [0.25, 0.3) is 0 Å². The Kier molecular flexibility index (Phi) is 4.45. The van der Waals surface area contributed by atoms with Crippen LogP contribution in [0.4, 0.5) is 11.5 Å². The molecule has 0 unspecified atom stereocenters. The molecule has 3 heteroatoms. The average molecular weight is 247 g/mol. The minimum absolute atomic E-state index is 0.777. The number of rotatable bonds is 4. The van der Waals surface area contributed by atoms with E-state index in [0.717, 1.165) is 29.5 Å². The third-order valence-electron chi connectivity index (χ3n) is 4.13. The summed E-state index contributed by atoms with van der Waals surface area (Å²) in [6, 6.07) is 2.08. The molecule has 0 spiro atoms. The number of aryl methyl sites for hydroxylation is 1. The van der Waals surface area contributed by atoms with Crippen molar-refractivity contribution in [2.75, 3.05) is 24.2 Å². The minimum atomic E-state index is 0.777. The molecule has 1 saturated carbocycles. The van der Waals surface area contributed by atoms with E-state index in [4.69, 9.17) is 5.73 Å². The molecule has 18 heavy (non-hydrogen) atoms. The summed E-state index contributed by atoms with van der Waals surface area (Å²) in [5, 5.41) is 0. The molecule has 3 nitrogen and oxygen atoms in total. The minimum Gasteiger partial charge on any atom is -0.397 e. The standard InChI is InChI=1S/C15H25N3/c1-12-10-15(17-11-14(12)16)18(2)9-8-13-6-4-3-5-7-13/h10-11,13H,3-9,16H2,1-2H3. The number of nitrogens with zero attached hydrogens (tertiary/aromatic N) is 2. The van der Waals surface area contributed by atoms with E-state index in [1.165, 1.54) is 38.5 Å². The molecule has 0 aromatic carbocycles. The van der Waals surface area contributed by atoms with Gasteiger partial charge in [0.1, 0.15) is 5.82 Å². The molecule has 0 atom stereocenters. The van der Waals surface area contributed by atoms with Crippen LogP contribution in [0.3, 0.4) is 0 Å². The SMILES string of the molecule is Cc1cc(N(C)CCC2CCCCC2)ncc1N. The Labute approximate surface area is 110 Å². The molecular formula is C15H25N3. The number of hydrogen-bond donors (Lipinski definition) is 1. The summed E-state index contributed by atoms with van der Waals surface area (Å²) < 4.78 is 0. The van der Waals surface area contributed by atoms with Crippen LogP contribution in [-0.2, 0) is 0 Å². The van der Waals surface area contributed by atoms with E-state index < -0.39 is 0 Å². The second-order valence-electron chi connectivity index (χ2n) is 5.61. The van der Waals surface area contributed by atoms with Crippen LogP contribution in [0.1, 0.15) is 44.1 Å². The molecule has 2 rings (SSSR count). The zero-order chi connectivity index (χ0) is 13.0. The largest absolute Gasteiger partial charge is 0.397 e. The molecule has 0 aliphatic heterocycles. The summed E-state index contributed by atoms with van der Waals surface area (Å²) in [6.07, 6.45) is 10.2. The van der Waals surface area contributed by atoms with Crippen LogP contribution >= 0.6 is 0 Å². The highest BCUT2D eigenvalue weighted by atomic mass is 15.2. The van der Waals surface area contributed by atoms with Crippen molar-refractivity contribution in [2.45, 2.75) is 45.4 Å². The van der Waals surface area contributed by atoms with E-state index in [-0.39, 0.29) is 0 Å². The number of anilines is 2. The second kappa shape index (κ2) is 6.07. The van der Waals surface area contributed by atoms with E-state index in [0.29, 0.717) is 0 Å². The number of hydrogen-bond acceptors (Lipinski definition) is 3. The van der Waals surface area contributed by atoms with Crippen LogP contribution < -0.4 is 10.6 Å². The third-order valence-corrected chi connectivity index (χ3v) is 4.13. The first-order chi connectivity index (χ1) is 8.66. The van der Waals surface area contributed by atoms with Crippen LogP contribution in [0.2, 0.25) is 0 Å². The number of nitrogen functional groups attached to an aromatic ring is 1. The Morgan fingerprint density at radius 1 is 1.33 bits per heavy atom. The first-order valence-electron chi connectivity index (χ1n) is 7.10. The van der Waals surface area contributed by atoms with Gasteiger partial charge in [-0.15, -0.1) is 0 Å². The lowest BCUT2D eigenvalue weighted by molar-refractivity contribution is 0.341. The normalized spacial score (nSPS) is 16.8. The highest BCUT2D eigenvalue weighted by Crippen LogP contribution is 2.27. The van der Waals surface area contributed by atoms with Gasteiger partial charge >= 0.3 is 0 Å². The van der Waals surface area contributed by atoms with E-state index in [2.05, 4.69) is 23.0 Å². The van der Waals surface area contributed by atoms with E-state index in [1.54, 1.807) is 6.20 Å². The second-order valence-corrected chi connectivity index (χ2v) is 5.61. The Balaban J connectivity index is 1.86. The van der Waals surface area contributed by atoms with E-state index >= 15 is 0 Å². The van der Waals surface area contributed by atoms with Crippen molar-refractivity contribution in [3.05, 3.63) is 17.8 Å². The Hall–Kier alpha value is -1.25. The van der Waals surface area contributed by atoms with Gasteiger partial charge < -0.3 is 10.6 Å². The van der Waals surface area contributed by atoms with Gasteiger partial charge in [0.15, 0.2) is 0 Å². The molecule has 0 saturated heterocycles. The fraction of sp³-hybridized carbons (Fsp3) is 0.667. The third kappa shape index (κ3) is 3.37. The van der Waals surface area contributed by atoms with Crippen LogP contribution in [0.5, 0.6) is 0 Å². The molecule has 0 bridgehead atoms. The molecule has 2 N–H and O–H groups in total. The van der Waals surface area contributed by atoms with Crippen molar-refractivity contribution >= 4 is 11.5 Å². The van der Waals surface area contributed by atoms with Gasteiger partial charge in [-0.3, -0.25) is 0 Å². The summed E-state index contributed by atoms with van der Waals surface area (Å²) in [5.41, 5.74) is 7.69. The Morgan fingerprint density at radius 3 is 2.72 bits per heavy atom. The molecule has 1 aliphatic rings. The molecule has 1 heterocycles. The summed E-state index contributed by atoms with van der Waals surface area (Å²) in [4.78, 5) is 6.65. The van der Waals surface area contributed by atoms with Crippen LogP contribution in [0, 0.1) is 12.8 Å². The van der Waals surface area contributed by atoms with Gasteiger partial charge in [-0.05, 0) is 30.9 Å². The maximum absolute atomic E-state index is 5.80. The molecule has 0 radical (unpaired) electrons. The van der Waals surface area contributed by atoms with Crippen molar-refractivity contribution in [2.24, 2.45) is 5.92 Å². The lowest BCUT2D eigenvalue weighted by atomic mass is 9.87. The number of aromatic nitrogens is 1. The molecule has 1 aromatic heterocycles. The van der Waals surface area contributed by atoms with E-state index in [9.17, 15) is 0 Å². The molecule has 1 fully saturated rings. The fourth-order valence-electron chi connectivity index (χ4n) is 2.73. The van der Waals surface area contributed by atoms with Crippen molar-refractivity contribution in [1.29, 1.82) is 0 Å². The van der Waals surface area contributed by atoms with Crippen molar-refractivity contribution in [3.63, 3.8) is 0 Å². The van der Waals surface area contributed by atoms with Crippen LogP contribution in [0.25, 0.3) is 0 Å². The number of nitrogens with two attached hydrogens (primary N) is 1. The van der Waals surface area contributed by atoms with E-state index in [1.807, 2.05) is 6.92 Å². The Bertz CT molecular complexity index is 383. The lowest BCUT2D eigenvalue weighted by Crippen LogP contribution is -2.23. The van der Waals surface area contributed by atoms with Crippen molar-refractivity contribution < 1.29 is 0 Å². The van der Waals surface area contributed by atoms with Gasteiger partial charge in [-0.2, -0.15) is 0 Å². The molecule has 100 valence electrons. The van der Waals surface area contributed by atoms with Crippen molar-refractivity contribution in [1.82, 2.24) is 4.98 Å². The monoisotopic (exact) mass is 247 g/mol. The molecule has 0 amide bonds. The maximum Gasteiger partial charge on any atom is 0.128 e. The number of pyridine rings is 1. The Morgan fingerprint density at radius 2 is 2.06 bits per heavy atom. The zero-order valence-electron chi connectivity index (χ0n) is 11.7. The highest BCUT2D eigenvalue weighted by Gasteiger charge is 2.14. The smallest absolute Gasteiger partial charge is 0.128 e. The van der Waals surface area contributed by atoms with Gasteiger partial charge in [0.2, 0.25) is 0 Å². The van der Waals surface area contributed by atoms with Gasteiger partial charge in [-0.1, -0.05) is 32.1 Å². The average Bonchev–Trinajstić information content (AvgIpc) is 2.40. The quantitative estimate of drug-likeness (QED) is 0.887. The summed E-state index contributed by atoms with van der Waals surface area (Å²) in [6.45, 7) is 3.14. The summed E-state index contributed by atoms with van der Waals surface area (Å²) in [7, 11) is 2.13. The fourth-order valence-corrected chi connectivity index (χ4v) is 2.73. The van der Waals surface area contributed by atoms with Crippen LogP contribution in [0.15, 0.2) is 12.3 Å². The van der Waals surface area contributed by atoms with Gasteiger partial charge in [0.05, 0.1) is 11.9 Å². The topological polar surface area (TPSA) is 42.2 Å².